The van der Waals surface area contributed by atoms with Crippen molar-refractivity contribution in [2.45, 2.75) is 25.7 Å². The Kier molecular flexibility index (Phi) is 4.02. The number of hydrogen-bond acceptors (Lipinski definition) is 3. The number of benzene rings is 2. The van der Waals surface area contributed by atoms with Crippen LogP contribution in [-0.4, -0.2) is 11.7 Å². The molecule has 112 valence electrons. The summed E-state index contributed by atoms with van der Waals surface area (Å²) in [6.45, 7) is 0. The second-order valence-corrected chi connectivity index (χ2v) is 5.49. The molecule has 0 unspecified atom stereocenters. The van der Waals surface area contributed by atoms with E-state index in [0.717, 1.165) is 41.5 Å². The molecule has 2 aromatic rings. The van der Waals surface area contributed by atoms with Crippen LogP contribution in [0.4, 0.5) is 0 Å². The maximum atomic E-state index is 12.4. The predicted octanol–water partition coefficient (Wildman–Crippen LogP) is 2.60. The van der Waals surface area contributed by atoms with Gasteiger partial charge in [0.05, 0.1) is 0 Å². The van der Waals surface area contributed by atoms with Crippen LogP contribution in [0.5, 0.6) is 0 Å². The number of ketones is 1. The van der Waals surface area contributed by atoms with Crippen LogP contribution in [0.15, 0.2) is 42.5 Å². The zero-order chi connectivity index (χ0) is 15.5. The first-order chi connectivity index (χ1) is 10.7. The molecule has 0 saturated heterocycles. The third kappa shape index (κ3) is 2.53. The van der Waals surface area contributed by atoms with Gasteiger partial charge >= 0.3 is 0 Å². The molecule has 0 saturated carbocycles. The number of aryl methyl sites for hydroxylation is 1. The first-order valence-electron chi connectivity index (χ1n) is 7.48. The van der Waals surface area contributed by atoms with Crippen molar-refractivity contribution in [3.05, 3.63) is 59.2 Å². The van der Waals surface area contributed by atoms with E-state index in [2.05, 4.69) is 11.5 Å². The van der Waals surface area contributed by atoms with E-state index < -0.39 is 0 Å². The highest BCUT2D eigenvalue weighted by Crippen LogP contribution is 2.39. The average molecular weight is 294 g/mol. The Hall–Kier alpha value is -2.46. The van der Waals surface area contributed by atoms with Crippen LogP contribution in [0.1, 0.15) is 40.7 Å². The van der Waals surface area contributed by atoms with Gasteiger partial charge in [0, 0.05) is 17.5 Å². The second-order valence-electron chi connectivity index (χ2n) is 5.49. The van der Waals surface area contributed by atoms with Gasteiger partial charge in [-0.25, -0.2) is 5.84 Å². The standard InChI is InChI=1S/C18H18N2O2/c19-20-16(21)11-4-1-6-12-7-5-10-15-17(12)13-8-2-3-9-14(13)18(15)22/h2-3,5,7-10H,1,4,6,11,19H2,(H,20,21). The molecule has 0 aliphatic heterocycles. The van der Waals surface area contributed by atoms with E-state index in [1.807, 2.05) is 36.4 Å². The number of hydrogen-bond donors (Lipinski definition) is 2. The highest BCUT2D eigenvalue weighted by atomic mass is 16.2. The van der Waals surface area contributed by atoms with Crippen LogP contribution < -0.4 is 11.3 Å². The Balaban J connectivity index is 1.82. The van der Waals surface area contributed by atoms with Crippen molar-refractivity contribution in [1.29, 1.82) is 0 Å². The fraction of sp³-hybridized carbons (Fsp3) is 0.222. The van der Waals surface area contributed by atoms with Crippen LogP contribution in [0, 0.1) is 0 Å². The van der Waals surface area contributed by atoms with E-state index in [0.29, 0.717) is 6.42 Å². The molecule has 4 heteroatoms. The number of unbranched alkanes of at least 4 members (excludes halogenated alkanes) is 1. The molecule has 2 aromatic carbocycles. The summed E-state index contributed by atoms with van der Waals surface area (Å²) in [5.74, 6) is 5.04. The lowest BCUT2D eigenvalue weighted by Crippen LogP contribution is -2.29. The number of fused-ring (bicyclic) bond motifs is 3. The van der Waals surface area contributed by atoms with Crippen LogP contribution >= 0.6 is 0 Å². The molecule has 1 aliphatic rings. The Bertz CT molecular complexity index is 738. The zero-order valence-corrected chi connectivity index (χ0v) is 12.3. The largest absolute Gasteiger partial charge is 0.294 e. The van der Waals surface area contributed by atoms with Crippen molar-refractivity contribution < 1.29 is 9.59 Å². The maximum Gasteiger partial charge on any atom is 0.233 e. The molecular weight excluding hydrogens is 276 g/mol. The van der Waals surface area contributed by atoms with Crippen LogP contribution in [0.25, 0.3) is 11.1 Å². The molecule has 22 heavy (non-hydrogen) atoms. The summed E-state index contributed by atoms with van der Waals surface area (Å²) in [6, 6.07) is 13.6. The molecule has 0 bridgehead atoms. The number of nitrogens with two attached hydrogens (primary N) is 1. The summed E-state index contributed by atoms with van der Waals surface area (Å²) < 4.78 is 0. The van der Waals surface area contributed by atoms with Gasteiger partial charge in [-0.3, -0.25) is 15.0 Å². The van der Waals surface area contributed by atoms with Crippen molar-refractivity contribution in [3.8, 4) is 11.1 Å². The lowest BCUT2D eigenvalue weighted by molar-refractivity contribution is -0.121. The molecule has 0 spiro atoms. The van der Waals surface area contributed by atoms with Crippen molar-refractivity contribution in [1.82, 2.24) is 5.43 Å². The summed E-state index contributed by atoms with van der Waals surface area (Å²) in [5.41, 5.74) is 6.97. The lowest BCUT2D eigenvalue weighted by Gasteiger charge is -2.09. The van der Waals surface area contributed by atoms with Gasteiger partial charge in [0.1, 0.15) is 0 Å². The van der Waals surface area contributed by atoms with E-state index >= 15 is 0 Å². The summed E-state index contributed by atoms with van der Waals surface area (Å²) in [7, 11) is 0. The second kappa shape index (κ2) is 6.12. The van der Waals surface area contributed by atoms with Gasteiger partial charge < -0.3 is 0 Å². The summed E-state index contributed by atoms with van der Waals surface area (Å²) >= 11 is 0. The quantitative estimate of drug-likeness (QED) is 0.329. The molecule has 1 amide bonds. The Morgan fingerprint density at radius 2 is 1.68 bits per heavy atom. The van der Waals surface area contributed by atoms with Gasteiger partial charge in [0.15, 0.2) is 5.78 Å². The normalized spacial score (nSPS) is 12.0. The third-order valence-corrected chi connectivity index (χ3v) is 4.10. The minimum Gasteiger partial charge on any atom is -0.294 e. The smallest absolute Gasteiger partial charge is 0.233 e. The van der Waals surface area contributed by atoms with E-state index in [1.165, 1.54) is 5.56 Å². The monoisotopic (exact) mass is 294 g/mol. The van der Waals surface area contributed by atoms with Crippen molar-refractivity contribution >= 4 is 11.7 Å². The van der Waals surface area contributed by atoms with E-state index in [-0.39, 0.29) is 11.7 Å². The Morgan fingerprint density at radius 3 is 2.45 bits per heavy atom. The molecule has 0 radical (unpaired) electrons. The average Bonchev–Trinajstić information content (AvgIpc) is 2.85. The molecule has 0 fully saturated rings. The predicted molar refractivity (Wildman–Crippen MR) is 85.2 cm³/mol. The van der Waals surface area contributed by atoms with Gasteiger partial charge in [-0.2, -0.15) is 0 Å². The molecule has 0 atom stereocenters. The fourth-order valence-corrected chi connectivity index (χ4v) is 3.03. The highest BCUT2D eigenvalue weighted by molar-refractivity contribution is 6.22. The first kappa shape index (κ1) is 14.5. The van der Waals surface area contributed by atoms with Gasteiger partial charge in [0.2, 0.25) is 5.91 Å². The van der Waals surface area contributed by atoms with Crippen LogP contribution in [0.2, 0.25) is 0 Å². The fourth-order valence-electron chi connectivity index (χ4n) is 3.03. The van der Waals surface area contributed by atoms with Gasteiger partial charge in [-0.1, -0.05) is 42.5 Å². The van der Waals surface area contributed by atoms with E-state index in [9.17, 15) is 9.59 Å². The summed E-state index contributed by atoms with van der Waals surface area (Å²) in [6.07, 6.45) is 2.95. The number of carbonyl (C=O) groups is 2. The Labute approximate surface area is 129 Å². The van der Waals surface area contributed by atoms with Crippen LogP contribution in [-0.2, 0) is 11.2 Å². The molecule has 0 heterocycles. The number of carbonyl (C=O) groups excluding carboxylic acids is 2. The minimum atomic E-state index is -0.140. The molecule has 0 aromatic heterocycles. The van der Waals surface area contributed by atoms with Crippen molar-refractivity contribution in [2.75, 3.05) is 0 Å². The highest BCUT2D eigenvalue weighted by Gasteiger charge is 2.27. The number of rotatable bonds is 5. The van der Waals surface area contributed by atoms with Gasteiger partial charge in [-0.05, 0) is 36.0 Å². The topological polar surface area (TPSA) is 72.2 Å². The van der Waals surface area contributed by atoms with E-state index in [1.54, 1.807) is 0 Å². The van der Waals surface area contributed by atoms with E-state index in [4.69, 9.17) is 5.84 Å². The summed E-state index contributed by atoms with van der Waals surface area (Å²) in [5, 5.41) is 0. The molecular formula is C18H18N2O2. The van der Waals surface area contributed by atoms with Crippen molar-refractivity contribution in [2.24, 2.45) is 5.84 Å². The van der Waals surface area contributed by atoms with Gasteiger partial charge in [-0.15, -0.1) is 0 Å². The third-order valence-electron chi connectivity index (χ3n) is 4.10. The Morgan fingerprint density at radius 1 is 0.955 bits per heavy atom. The van der Waals surface area contributed by atoms with Crippen LogP contribution in [0.3, 0.4) is 0 Å². The minimum absolute atomic E-state index is 0.106. The molecule has 3 N–H and O–H groups in total. The first-order valence-corrected chi connectivity index (χ1v) is 7.48. The number of hydrazine groups is 1. The summed E-state index contributed by atoms with van der Waals surface area (Å²) in [4.78, 5) is 23.6. The SMILES string of the molecule is NNC(=O)CCCCc1cccc2c1-c1ccccc1C2=O. The van der Waals surface area contributed by atoms with Crippen molar-refractivity contribution in [3.63, 3.8) is 0 Å². The van der Waals surface area contributed by atoms with Gasteiger partial charge in [0.25, 0.3) is 0 Å². The zero-order valence-electron chi connectivity index (χ0n) is 12.3. The lowest BCUT2D eigenvalue weighted by atomic mass is 9.95. The molecule has 1 aliphatic carbocycles. The number of nitrogens with one attached hydrogen (secondary N) is 1. The molecule has 3 rings (SSSR count). The maximum absolute atomic E-state index is 12.4. The number of amides is 1. The molecule has 4 nitrogen and oxygen atoms in total.